The molecule has 30 heavy (non-hydrogen) atoms. The van der Waals surface area contributed by atoms with E-state index in [2.05, 4.69) is 17.6 Å². The van der Waals surface area contributed by atoms with Crippen LogP contribution in [0.4, 0.5) is 5.69 Å². The molecule has 4 nitrogen and oxygen atoms in total. The Morgan fingerprint density at radius 2 is 1.37 bits per heavy atom. The lowest BCUT2D eigenvalue weighted by molar-refractivity contribution is -0.116. The summed E-state index contributed by atoms with van der Waals surface area (Å²) in [5.74, 6) is -0.346. The van der Waals surface area contributed by atoms with E-state index >= 15 is 0 Å². The molecular weight excluding hydrogens is 372 g/mol. The molecule has 0 aliphatic carbocycles. The first-order chi connectivity index (χ1) is 14.7. The summed E-state index contributed by atoms with van der Waals surface area (Å²) in [6, 6.07) is 27.2. The molecule has 0 aliphatic rings. The summed E-state index contributed by atoms with van der Waals surface area (Å²) in [6.45, 7) is 2.71. The Kier molecular flexibility index (Phi) is 7.78. The van der Waals surface area contributed by atoms with E-state index in [1.54, 1.807) is 18.2 Å². The SMILES string of the molecule is CCCCNC(=O)c1ccccc1NC(=O)CC(c1ccccc1)c1ccccc1. The van der Waals surface area contributed by atoms with Crippen LogP contribution in [0.3, 0.4) is 0 Å². The van der Waals surface area contributed by atoms with Gasteiger partial charge in [0.15, 0.2) is 0 Å². The molecule has 4 heteroatoms. The van der Waals surface area contributed by atoms with Crippen LogP contribution < -0.4 is 10.6 Å². The molecule has 0 fully saturated rings. The highest BCUT2D eigenvalue weighted by Gasteiger charge is 2.19. The van der Waals surface area contributed by atoms with Gasteiger partial charge in [-0.1, -0.05) is 86.1 Å². The van der Waals surface area contributed by atoms with Crippen LogP contribution in [-0.4, -0.2) is 18.4 Å². The van der Waals surface area contributed by atoms with Crippen molar-refractivity contribution in [3.05, 3.63) is 102 Å². The van der Waals surface area contributed by atoms with E-state index < -0.39 is 0 Å². The Morgan fingerprint density at radius 1 is 0.800 bits per heavy atom. The average molecular weight is 401 g/mol. The Hall–Kier alpha value is -3.40. The van der Waals surface area contributed by atoms with Gasteiger partial charge in [0.05, 0.1) is 11.3 Å². The van der Waals surface area contributed by atoms with E-state index in [0.29, 0.717) is 24.2 Å². The molecule has 0 bridgehead atoms. The molecule has 3 aromatic carbocycles. The van der Waals surface area contributed by atoms with E-state index in [4.69, 9.17) is 0 Å². The summed E-state index contributed by atoms with van der Waals surface area (Å²) in [6.07, 6.45) is 2.23. The highest BCUT2D eigenvalue weighted by Crippen LogP contribution is 2.28. The van der Waals surface area contributed by atoms with Crippen molar-refractivity contribution < 1.29 is 9.59 Å². The topological polar surface area (TPSA) is 58.2 Å². The number of hydrogen-bond acceptors (Lipinski definition) is 2. The van der Waals surface area contributed by atoms with Gasteiger partial charge in [-0.25, -0.2) is 0 Å². The number of amides is 2. The number of carbonyl (C=O) groups excluding carboxylic acids is 2. The van der Waals surface area contributed by atoms with Gasteiger partial charge in [-0.2, -0.15) is 0 Å². The number of anilines is 1. The normalized spacial score (nSPS) is 10.6. The van der Waals surface area contributed by atoms with Gasteiger partial charge >= 0.3 is 0 Å². The van der Waals surface area contributed by atoms with Gasteiger partial charge in [-0.15, -0.1) is 0 Å². The maximum absolute atomic E-state index is 13.0. The summed E-state index contributed by atoms with van der Waals surface area (Å²) >= 11 is 0. The van der Waals surface area contributed by atoms with Crippen LogP contribution in [0.2, 0.25) is 0 Å². The molecule has 3 aromatic rings. The lowest BCUT2D eigenvalue weighted by Crippen LogP contribution is -2.26. The number of unbranched alkanes of at least 4 members (excludes halogenated alkanes) is 1. The predicted molar refractivity (Wildman–Crippen MR) is 122 cm³/mol. The van der Waals surface area contributed by atoms with E-state index in [0.717, 1.165) is 24.0 Å². The first kappa shape index (κ1) is 21.3. The van der Waals surface area contributed by atoms with Gasteiger partial charge in [0.25, 0.3) is 5.91 Å². The number of nitrogens with one attached hydrogen (secondary N) is 2. The van der Waals surface area contributed by atoms with Gasteiger partial charge in [-0.3, -0.25) is 9.59 Å². The fourth-order valence-electron chi connectivity index (χ4n) is 3.45. The molecule has 2 N–H and O–H groups in total. The second-order valence-electron chi connectivity index (χ2n) is 7.28. The van der Waals surface area contributed by atoms with Gasteiger partial charge in [0, 0.05) is 18.9 Å². The second-order valence-corrected chi connectivity index (χ2v) is 7.28. The summed E-state index contributed by atoms with van der Waals surface area (Å²) in [5, 5.41) is 5.87. The standard InChI is InChI=1S/C26H28N2O2/c1-2-3-18-27-26(30)22-16-10-11-17-24(22)28-25(29)19-23(20-12-6-4-7-13-20)21-14-8-5-9-15-21/h4-17,23H,2-3,18-19H2,1H3,(H,27,30)(H,28,29). The Morgan fingerprint density at radius 3 is 1.97 bits per heavy atom. The minimum Gasteiger partial charge on any atom is -0.352 e. The number of carbonyl (C=O) groups is 2. The van der Waals surface area contributed by atoms with Crippen molar-refractivity contribution in [2.45, 2.75) is 32.1 Å². The van der Waals surface area contributed by atoms with Crippen molar-refractivity contribution in [2.24, 2.45) is 0 Å². The summed E-state index contributed by atoms with van der Waals surface area (Å²) in [5.41, 5.74) is 3.20. The minimum atomic E-state index is -0.165. The maximum Gasteiger partial charge on any atom is 0.253 e. The fourth-order valence-corrected chi connectivity index (χ4v) is 3.45. The molecule has 0 heterocycles. The van der Waals surface area contributed by atoms with Crippen molar-refractivity contribution >= 4 is 17.5 Å². The number of benzene rings is 3. The van der Waals surface area contributed by atoms with E-state index in [-0.39, 0.29) is 17.7 Å². The molecule has 0 saturated heterocycles. The van der Waals surface area contributed by atoms with Gasteiger partial charge in [0.2, 0.25) is 5.91 Å². The Bertz CT molecular complexity index is 916. The lowest BCUT2D eigenvalue weighted by atomic mass is 9.88. The summed E-state index contributed by atoms with van der Waals surface area (Å²) < 4.78 is 0. The van der Waals surface area contributed by atoms with Crippen molar-refractivity contribution in [1.82, 2.24) is 5.32 Å². The first-order valence-electron chi connectivity index (χ1n) is 10.5. The maximum atomic E-state index is 13.0. The predicted octanol–water partition coefficient (Wildman–Crippen LogP) is 5.38. The van der Waals surface area contributed by atoms with Crippen LogP contribution in [0.1, 0.15) is 53.6 Å². The molecule has 3 rings (SSSR count). The Balaban J connectivity index is 1.76. The van der Waals surface area contributed by atoms with Gasteiger partial charge in [0.1, 0.15) is 0 Å². The van der Waals surface area contributed by atoms with E-state index in [9.17, 15) is 9.59 Å². The zero-order valence-corrected chi connectivity index (χ0v) is 17.3. The lowest BCUT2D eigenvalue weighted by Gasteiger charge is -2.18. The quantitative estimate of drug-likeness (QED) is 0.474. The summed E-state index contributed by atoms with van der Waals surface area (Å²) in [7, 11) is 0. The zero-order chi connectivity index (χ0) is 21.2. The number of hydrogen-bond donors (Lipinski definition) is 2. The third kappa shape index (κ3) is 5.80. The highest BCUT2D eigenvalue weighted by molar-refractivity contribution is 6.03. The molecule has 0 saturated carbocycles. The first-order valence-corrected chi connectivity index (χ1v) is 10.5. The van der Waals surface area contributed by atoms with Crippen LogP contribution in [0, 0.1) is 0 Å². The summed E-state index contributed by atoms with van der Waals surface area (Å²) in [4.78, 5) is 25.5. The molecular formula is C26H28N2O2. The third-order valence-corrected chi connectivity index (χ3v) is 5.06. The van der Waals surface area contributed by atoms with Gasteiger partial charge < -0.3 is 10.6 Å². The zero-order valence-electron chi connectivity index (χ0n) is 17.3. The van der Waals surface area contributed by atoms with Crippen LogP contribution in [0.15, 0.2) is 84.9 Å². The molecule has 0 unspecified atom stereocenters. The molecule has 0 atom stereocenters. The molecule has 154 valence electrons. The molecule has 2 amide bonds. The average Bonchev–Trinajstić information content (AvgIpc) is 2.79. The smallest absolute Gasteiger partial charge is 0.253 e. The van der Waals surface area contributed by atoms with Crippen molar-refractivity contribution in [2.75, 3.05) is 11.9 Å². The minimum absolute atomic E-state index is 0.0575. The highest BCUT2D eigenvalue weighted by atomic mass is 16.2. The van der Waals surface area contributed by atoms with Crippen molar-refractivity contribution in [3.63, 3.8) is 0 Å². The number of para-hydroxylation sites is 1. The molecule has 0 radical (unpaired) electrons. The van der Waals surface area contributed by atoms with Crippen molar-refractivity contribution in [3.8, 4) is 0 Å². The van der Waals surface area contributed by atoms with Crippen molar-refractivity contribution in [1.29, 1.82) is 0 Å². The monoisotopic (exact) mass is 400 g/mol. The van der Waals surface area contributed by atoms with E-state index in [1.165, 1.54) is 0 Å². The number of rotatable bonds is 9. The molecule has 0 spiro atoms. The Labute approximate surface area is 178 Å². The van der Waals surface area contributed by atoms with Crippen LogP contribution in [-0.2, 0) is 4.79 Å². The molecule has 0 aliphatic heterocycles. The van der Waals surface area contributed by atoms with Gasteiger partial charge in [-0.05, 0) is 29.7 Å². The second kappa shape index (κ2) is 11.0. The third-order valence-electron chi connectivity index (χ3n) is 5.06. The van der Waals surface area contributed by atoms with Crippen LogP contribution in [0.25, 0.3) is 0 Å². The van der Waals surface area contributed by atoms with Crippen LogP contribution in [0.5, 0.6) is 0 Å². The fraction of sp³-hybridized carbons (Fsp3) is 0.231. The largest absolute Gasteiger partial charge is 0.352 e. The molecule has 0 aromatic heterocycles. The van der Waals surface area contributed by atoms with Crippen LogP contribution >= 0.6 is 0 Å². The van der Waals surface area contributed by atoms with E-state index in [1.807, 2.05) is 66.7 Å².